The first kappa shape index (κ1) is 19.4. The van der Waals surface area contributed by atoms with E-state index in [4.69, 9.17) is 18.3 Å². The number of nitrogens with zero attached hydrogens (tertiary/aromatic N) is 1. The van der Waals surface area contributed by atoms with Crippen molar-refractivity contribution in [1.82, 2.24) is 10.2 Å². The predicted octanol–water partition coefficient (Wildman–Crippen LogP) is 3.84. The highest BCUT2D eigenvalue weighted by Gasteiger charge is 2.17. The highest BCUT2D eigenvalue weighted by Crippen LogP contribution is 2.27. The van der Waals surface area contributed by atoms with Gasteiger partial charge in [-0.05, 0) is 48.4 Å². The molecule has 0 saturated carbocycles. The molecule has 2 aromatic heterocycles. The van der Waals surface area contributed by atoms with Gasteiger partial charge in [0.2, 0.25) is 0 Å². The van der Waals surface area contributed by atoms with Gasteiger partial charge in [-0.2, -0.15) is 0 Å². The first-order chi connectivity index (χ1) is 13.7. The van der Waals surface area contributed by atoms with Gasteiger partial charge in [-0.3, -0.25) is 0 Å². The van der Waals surface area contributed by atoms with Crippen LogP contribution in [0.25, 0.3) is 0 Å². The summed E-state index contributed by atoms with van der Waals surface area (Å²) in [5.74, 6) is 2.77. The van der Waals surface area contributed by atoms with Crippen LogP contribution in [0.5, 0.6) is 11.5 Å². The minimum atomic E-state index is -0.187. The van der Waals surface area contributed by atoms with Crippen LogP contribution in [-0.2, 0) is 19.5 Å². The number of hydrogen-bond acceptors (Lipinski definition) is 5. The SMILES string of the molecule is COc1ccc(CCNC(=O)N(Cc2ccco2)Cc2ccco2)cc1OC. The first-order valence-corrected chi connectivity index (χ1v) is 8.98. The fourth-order valence-corrected chi connectivity index (χ4v) is 2.84. The maximum atomic E-state index is 12.7. The van der Waals surface area contributed by atoms with Gasteiger partial charge in [0.05, 0.1) is 39.8 Å². The molecule has 7 heteroatoms. The lowest BCUT2D eigenvalue weighted by molar-refractivity contribution is 0.182. The molecule has 0 unspecified atom stereocenters. The van der Waals surface area contributed by atoms with Gasteiger partial charge in [-0.15, -0.1) is 0 Å². The molecule has 3 aromatic rings. The molecule has 2 amide bonds. The summed E-state index contributed by atoms with van der Waals surface area (Å²) in [6.45, 7) is 1.20. The third-order valence-electron chi connectivity index (χ3n) is 4.28. The third-order valence-corrected chi connectivity index (χ3v) is 4.28. The van der Waals surface area contributed by atoms with Crippen molar-refractivity contribution in [3.05, 3.63) is 72.1 Å². The Hall–Kier alpha value is -3.35. The summed E-state index contributed by atoms with van der Waals surface area (Å²) in [5, 5.41) is 2.95. The van der Waals surface area contributed by atoms with Gasteiger partial charge in [0, 0.05) is 6.54 Å². The number of carbonyl (C=O) groups is 1. The second-order valence-electron chi connectivity index (χ2n) is 6.19. The summed E-state index contributed by atoms with van der Waals surface area (Å²) in [7, 11) is 3.20. The summed E-state index contributed by atoms with van der Waals surface area (Å²) < 4.78 is 21.3. The van der Waals surface area contributed by atoms with E-state index < -0.39 is 0 Å². The van der Waals surface area contributed by atoms with Crippen LogP contribution in [-0.4, -0.2) is 31.7 Å². The van der Waals surface area contributed by atoms with Crippen LogP contribution in [0, 0.1) is 0 Å². The Balaban J connectivity index is 1.58. The zero-order chi connectivity index (χ0) is 19.8. The minimum absolute atomic E-state index is 0.187. The van der Waals surface area contributed by atoms with E-state index in [0.29, 0.717) is 49.1 Å². The Bertz CT molecular complexity index is 823. The molecule has 0 radical (unpaired) electrons. The van der Waals surface area contributed by atoms with Gasteiger partial charge in [0.15, 0.2) is 11.5 Å². The van der Waals surface area contributed by atoms with Gasteiger partial charge < -0.3 is 28.5 Å². The quantitative estimate of drug-likeness (QED) is 0.606. The van der Waals surface area contributed by atoms with Crippen molar-refractivity contribution in [1.29, 1.82) is 0 Å². The number of hydrogen-bond donors (Lipinski definition) is 1. The van der Waals surface area contributed by atoms with Crippen LogP contribution in [0.2, 0.25) is 0 Å². The molecule has 3 rings (SSSR count). The molecule has 1 N–H and O–H groups in total. The summed E-state index contributed by atoms with van der Waals surface area (Å²) in [5.41, 5.74) is 1.04. The first-order valence-electron chi connectivity index (χ1n) is 8.98. The molecule has 148 valence electrons. The van der Waals surface area contributed by atoms with Crippen LogP contribution in [0.3, 0.4) is 0 Å². The minimum Gasteiger partial charge on any atom is -0.493 e. The normalized spacial score (nSPS) is 10.5. The third kappa shape index (κ3) is 5.09. The van der Waals surface area contributed by atoms with E-state index in [2.05, 4.69) is 5.32 Å². The van der Waals surface area contributed by atoms with E-state index in [9.17, 15) is 4.79 Å². The van der Waals surface area contributed by atoms with Gasteiger partial charge in [-0.25, -0.2) is 4.79 Å². The summed E-state index contributed by atoms with van der Waals surface area (Å²) in [4.78, 5) is 14.3. The largest absolute Gasteiger partial charge is 0.493 e. The lowest BCUT2D eigenvalue weighted by Gasteiger charge is -2.21. The molecule has 2 heterocycles. The molecule has 7 nitrogen and oxygen atoms in total. The average molecular weight is 384 g/mol. The molecule has 0 aliphatic rings. The molecule has 0 atom stereocenters. The van der Waals surface area contributed by atoms with Crippen molar-refractivity contribution < 1.29 is 23.1 Å². The number of furan rings is 2. The van der Waals surface area contributed by atoms with E-state index in [1.165, 1.54) is 0 Å². The molecular weight excluding hydrogens is 360 g/mol. The molecular formula is C21H24N2O5. The van der Waals surface area contributed by atoms with E-state index in [1.807, 2.05) is 30.3 Å². The number of rotatable bonds is 9. The second kappa shape index (κ2) is 9.55. The molecule has 1 aromatic carbocycles. The Morgan fingerprint density at radius 2 is 1.61 bits per heavy atom. The van der Waals surface area contributed by atoms with Gasteiger partial charge in [0.25, 0.3) is 0 Å². The van der Waals surface area contributed by atoms with Crippen LogP contribution in [0.15, 0.2) is 63.8 Å². The van der Waals surface area contributed by atoms with Gasteiger partial charge in [0.1, 0.15) is 11.5 Å². The number of benzene rings is 1. The monoisotopic (exact) mass is 384 g/mol. The Labute approximate surface area is 163 Å². The van der Waals surface area contributed by atoms with Crippen LogP contribution in [0.1, 0.15) is 17.1 Å². The van der Waals surface area contributed by atoms with Crippen molar-refractivity contribution in [2.75, 3.05) is 20.8 Å². The van der Waals surface area contributed by atoms with Crippen molar-refractivity contribution in [2.24, 2.45) is 0 Å². The van der Waals surface area contributed by atoms with Crippen LogP contribution < -0.4 is 14.8 Å². The van der Waals surface area contributed by atoms with Gasteiger partial charge in [-0.1, -0.05) is 6.07 Å². The highest BCUT2D eigenvalue weighted by atomic mass is 16.5. The van der Waals surface area contributed by atoms with Gasteiger partial charge >= 0.3 is 6.03 Å². The number of urea groups is 1. The smallest absolute Gasteiger partial charge is 0.318 e. The van der Waals surface area contributed by atoms with Crippen molar-refractivity contribution in [3.63, 3.8) is 0 Å². The number of nitrogens with one attached hydrogen (secondary N) is 1. The maximum Gasteiger partial charge on any atom is 0.318 e. The zero-order valence-electron chi connectivity index (χ0n) is 16.0. The molecule has 0 fully saturated rings. The summed E-state index contributed by atoms with van der Waals surface area (Å²) in [6, 6.07) is 12.8. The Morgan fingerprint density at radius 1 is 0.964 bits per heavy atom. The second-order valence-corrected chi connectivity index (χ2v) is 6.19. The number of carbonyl (C=O) groups excluding carboxylic acids is 1. The number of ether oxygens (including phenoxy) is 2. The molecule has 0 saturated heterocycles. The maximum absolute atomic E-state index is 12.7. The summed E-state index contributed by atoms with van der Waals surface area (Å²) in [6.07, 6.45) is 3.85. The highest BCUT2D eigenvalue weighted by molar-refractivity contribution is 5.74. The van der Waals surface area contributed by atoms with E-state index in [0.717, 1.165) is 5.56 Å². The molecule has 28 heavy (non-hydrogen) atoms. The van der Waals surface area contributed by atoms with Crippen LogP contribution in [0.4, 0.5) is 4.79 Å². The average Bonchev–Trinajstić information content (AvgIpc) is 3.41. The molecule has 0 spiro atoms. The standard InChI is InChI=1S/C21H24N2O5/c1-25-19-8-7-16(13-20(19)26-2)9-10-22-21(24)23(14-17-5-3-11-27-17)15-18-6-4-12-28-18/h3-8,11-13H,9-10,14-15H2,1-2H3,(H,22,24). The molecule has 0 aliphatic heterocycles. The van der Waals surface area contributed by atoms with E-state index in [-0.39, 0.29) is 6.03 Å². The van der Waals surface area contributed by atoms with Crippen molar-refractivity contribution >= 4 is 6.03 Å². The Kier molecular flexibility index (Phi) is 6.62. The fraction of sp³-hybridized carbons (Fsp3) is 0.286. The molecule has 0 aliphatic carbocycles. The van der Waals surface area contributed by atoms with Crippen molar-refractivity contribution in [2.45, 2.75) is 19.5 Å². The fourth-order valence-electron chi connectivity index (χ4n) is 2.84. The number of amides is 2. The topological polar surface area (TPSA) is 77.1 Å². The van der Waals surface area contributed by atoms with E-state index in [1.54, 1.807) is 43.8 Å². The zero-order valence-corrected chi connectivity index (χ0v) is 16.0. The summed E-state index contributed by atoms with van der Waals surface area (Å²) >= 11 is 0. The van der Waals surface area contributed by atoms with Crippen molar-refractivity contribution in [3.8, 4) is 11.5 Å². The predicted molar refractivity (Wildman–Crippen MR) is 103 cm³/mol. The lowest BCUT2D eigenvalue weighted by atomic mass is 10.1. The number of methoxy groups -OCH3 is 2. The van der Waals surface area contributed by atoms with E-state index >= 15 is 0 Å². The molecule has 0 bridgehead atoms. The van der Waals surface area contributed by atoms with Crippen LogP contribution >= 0.6 is 0 Å². The Morgan fingerprint density at radius 3 is 2.14 bits per heavy atom. The lowest BCUT2D eigenvalue weighted by Crippen LogP contribution is -2.39.